The summed E-state index contributed by atoms with van der Waals surface area (Å²) in [5.41, 5.74) is -3.15. The standard InChI is InChI=1S/C46H56N4O10/c1-7-42(55)22-28-23-45(40(53)58-5,36-30(14-18-48(24-28)25-42)29-12-9-10-13-33(29)47-36)32-20-31-34(21-35(32)57-4)50(26-51)38-44(31)16-19-49-17-11-15-43(8-2,37(44)49)39(60-27(3)52)46(38,56)41(54)59-6/h9-13,15,20-21,26,28,37-39,47,55-56H,7-8,14,16-19,22-25H2,1-6H3/t28-,37+,38?,39-,42+,43-,44-,45+,46+/m1/s1. The first-order chi connectivity index (χ1) is 28.8. The van der Waals surface area contributed by atoms with Crippen molar-refractivity contribution in [1.82, 2.24) is 14.8 Å². The fourth-order valence-electron chi connectivity index (χ4n) is 13.4. The molecule has 2 unspecified atom stereocenters. The second-order valence-electron chi connectivity index (χ2n) is 18.1. The minimum atomic E-state index is -2.53. The zero-order valence-electron chi connectivity index (χ0n) is 35.3. The number of piperidine rings is 1. The zero-order chi connectivity index (χ0) is 42.6. The Hall–Kier alpha value is -4.76. The average molecular weight is 825 g/mol. The third kappa shape index (κ3) is 5.19. The number of H-pyrrole nitrogens is 1. The van der Waals surface area contributed by atoms with Crippen LogP contribution in [0.4, 0.5) is 5.69 Å². The average Bonchev–Trinajstić information content (AvgIpc) is 3.92. The van der Waals surface area contributed by atoms with Gasteiger partial charge in [-0.15, -0.1) is 0 Å². The summed E-state index contributed by atoms with van der Waals surface area (Å²) >= 11 is 0. The first-order valence-corrected chi connectivity index (χ1v) is 21.3. The summed E-state index contributed by atoms with van der Waals surface area (Å²) in [5, 5.41) is 26.3. The lowest BCUT2D eigenvalue weighted by Gasteiger charge is -2.63. The van der Waals surface area contributed by atoms with Gasteiger partial charge in [0.25, 0.3) is 0 Å². The predicted octanol–water partition coefficient (Wildman–Crippen LogP) is 3.52. The number of ether oxygens (including phenoxy) is 4. The number of para-hydroxylation sites is 1. The van der Waals surface area contributed by atoms with Gasteiger partial charge in [-0.1, -0.05) is 44.2 Å². The van der Waals surface area contributed by atoms with Gasteiger partial charge in [0.2, 0.25) is 12.0 Å². The largest absolute Gasteiger partial charge is 0.496 e. The normalized spacial score (nSPS) is 36.5. The third-order valence-corrected chi connectivity index (χ3v) is 15.5. The number of anilines is 1. The number of nitrogens with one attached hydrogen (secondary N) is 1. The maximum atomic E-state index is 15.3. The number of rotatable bonds is 8. The molecule has 2 saturated heterocycles. The van der Waals surface area contributed by atoms with Crippen molar-refractivity contribution in [2.24, 2.45) is 11.3 Å². The van der Waals surface area contributed by atoms with Gasteiger partial charge in [-0.2, -0.15) is 0 Å². The molecule has 6 aliphatic rings. The van der Waals surface area contributed by atoms with E-state index in [2.05, 4.69) is 20.9 Å². The second-order valence-corrected chi connectivity index (χ2v) is 18.1. The van der Waals surface area contributed by atoms with E-state index < -0.39 is 63.5 Å². The van der Waals surface area contributed by atoms with Crippen molar-refractivity contribution in [1.29, 1.82) is 0 Å². The molecule has 1 spiro atoms. The predicted molar refractivity (Wildman–Crippen MR) is 221 cm³/mol. The fourth-order valence-corrected chi connectivity index (χ4v) is 13.4. The Labute approximate surface area is 349 Å². The van der Waals surface area contributed by atoms with E-state index >= 15 is 4.79 Å². The van der Waals surface area contributed by atoms with E-state index in [0.717, 1.165) is 16.5 Å². The lowest BCUT2D eigenvalue weighted by atomic mass is 9.47. The monoisotopic (exact) mass is 824 g/mol. The highest BCUT2D eigenvalue weighted by molar-refractivity contribution is 5.96. The first-order valence-electron chi connectivity index (χ1n) is 21.3. The molecule has 3 N–H and O–H groups in total. The van der Waals surface area contributed by atoms with Gasteiger partial charge in [0.15, 0.2) is 6.10 Å². The molecule has 2 bridgehead atoms. The molecule has 60 heavy (non-hydrogen) atoms. The number of amides is 1. The Morgan fingerprint density at radius 3 is 2.42 bits per heavy atom. The highest BCUT2D eigenvalue weighted by atomic mass is 16.6. The third-order valence-electron chi connectivity index (χ3n) is 15.5. The number of nitrogens with zero attached hydrogens (tertiary/aromatic N) is 3. The SMILES string of the molecule is CC[C@]1(O)C[C@H]2CN(CCc3c([nH]c4ccccc34)[C@@](C(=O)OC)(c3cc4c(cc3OC)N(C=O)C3[C@]45CCN4CC=C[C@@](CC)([C@@H](OC(C)=O)[C@]3(O)C(=O)OC)[C@H]45)C2)C1. The molecule has 14 nitrogen and oxygen atoms in total. The number of aromatic nitrogens is 1. The van der Waals surface area contributed by atoms with E-state index in [4.69, 9.17) is 18.9 Å². The number of hydrogen-bond acceptors (Lipinski definition) is 12. The summed E-state index contributed by atoms with van der Waals surface area (Å²) in [6, 6.07) is 9.97. The van der Waals surface area contributed by atoms with E-state index in [1.54, 1.807) is 6.07 Å². The van der Waals surface area contributed by atoms with Gasteiger partial charge in [0.05, 0.1) is 38.7 Å². The molecule has 5 aliphatic heterocycles. The van der Waals surface area contributed by atoms with Crippen LogP contribution in [0.2, 0.25) is 0 Å². The van der Waals surface area contributed by atoms with Gasteiger partial charge < -0.3 is 39.0 Å². The van der Waals surface area contributed by atoms with Crippen molar-refractivity contribution in [3.63, 3.8) is 0 Å². The first kappa shape index (κ1) is 40.6. The summed E-state index contributed by atoms with van der Waals surface area (Å²) in [5.74, 6) is -2.06. The molecule has 3 fully saturated rings. The number of aromatic amines is 1. The Bertz CT molecular complexity index is 2310. The second kappa shape index (κ2) is 14.1. The Morgan fingerprint density at radius 2 is 1.73 bits per heavy atom. The molecule has 3 aromatic rings. The highest BCUT2D eigenvalue weighted by Gasteiger charge is 2.81. The lowest BCUT2D eigenvalue weighted by Crippen LogP contribution is -2.81. The quantitative estimate of drug-likeness (QED) is 0.131. The minimum absolute atomic E-state index is 0.155. The maximum Gasteiger partial charge on any atom is 0.344 e. The molecule has 320 valence electrons. The van der Waals surface area contributed by atoms with Crippen LogP contribution >= 0.6 is 0 Å². The Balaban J connectivity index is 1.38. The van der Waals surface area contributed by atoms with Crippen LogP contribution in [0.5, 0.6) is 5.75 Å². The van der Waals surface area contributed by atoms with Crippen LogP contribution in [0, 0.1) is 11.3 Å². The van der Waals surface area contributed by atoms with Crippen LogP contribution < -0.4 is 9.64 Å². The molecule has 2 aromatic carbocycles. The fraction of sp³-hybridized carbons (Fsp3) is 0.565. The molecule has 6 heterocycles. The smallest absolute Gasteiger partial charge is 0.344 e. The minimum Gasteiger partial charge on any atom is -0.496 e. The van der Waals surface area contributed by atoms with E-state index in [1.165, 1.54) is 33.2 Å². The number of carbonyl (C=O) groups excluding carboxylic acids is 4. The van der Waals surface area contributed by atoms with Crippen LogP contribution in [0.1, 0.15) is 75.3 Å². The molecule has 14 heteroatoms. The summed E-state index contributed by atoms with van der Waals surface area (Å²) in [6.45, 7) is 8.16. The summed E-state index contributed by atoms with van der Waals surface area (Å²) in [7, 11) is 4.09. The topological polar surface area (TPSA) is 171 Å². The Morgan fingerprint density at radius 1 is 0.967 bits per heavy atom. The molecule has 1 aromatic heterocycles. The van der Waals surface area contributed by atoms with E-state index in [-0.39, 0.29) is 12.3 Å². The zero-order valence-corrected chi connectivity index (χ0v) is 35.3. The number of carbonyl (C=O) groups is 4. The van der Waals surface area contributed by atoms with Crippen molar-refractivity contribution in [2.45, 2.75) is 99.5 Å². The number of aliphatic hydroxyl groups is 2. The van der Waals surface area contributed by atoms with Gasteiger partial charge in [0.1, 0.15) is 11.2 Å². The van der Waals surface area contributed by atoms with E-state index in [1.807, 2.05) is 50.3 Å². The van der Waals surface area contributed by atoms with Crippen molar-refractivity contribution in [2.75, 3.05) is 59.0 Å². The number of methoxy groups -OCH3 is 3. The summed E-state index contributed by atoms with van der Waals surface area (Å²) in [6.07, 6.45) is 5.83. The van der Waals surface area contributed by atoms with E-state index in [9.17, 15) is 24.6 Å². The highest BCUT2D eigenvalue weighted by Crippen LogP contribution is 2.68. The van der Waals surface area contributed by atoms with Gasteiger partial charge in [-0.05, 0) is 74.2 Å². The molecule has 9 rings (SSSR count). The van der Waals surface area contributed by atoms with Gasteiger partial charge in [-0.3, -0.25) is 24.2 Å². The Kier molecular flexibility index (Phi) is 9.58. The van der Waals surface area contributed by atoms with Gasteiger partial charge in [-0.25, -0.2) is 4.79 Å². The van der Waals surface area contributed by atoms with Crippen LogP contribution in [-0.4, -0.2) is 133 Å². The molecule has 10 atom stereocenters. The van der Waals surface area contributed by atoms with Crippen LogP contribution in [0.15, 0.2) is 48.6 Å². The molecule has 0 radical (unpaired) electrons. The summed E-state index contributed by atoms with van der Waals surface area (Å²) in [4.78, 5) is 66.1. The molecular formula is C46H56N4O10. The maximum absolute atomic E-state index is 15.3. The van der Waals surface area contributed by atoms with Crippen molar-refractivity contribution < 1.29 is 48.3 Å². The molecular weight excluding hydrogens is 769 g/mol. The van der Waals surface area contributed by atoms with Crippen molar-refractivity contribution in [3.8, 4) is 5.75 Å². The van der Waals surface area contributed by atoms with Crippen molar-refractivity contribution >= 4 is 40.9 Å². The molecule has 1 aliphatic carbocycles. The molecule has 1 saturated carbocycles. The number of hydrogen-bond donors (Lipinski definition) is 3. The number of benzene rings is 2. The number of esters is 3. The van der Waals surface area contributed by atoms with Crippen LogP contribution in [-0.2, 0) is 50.6 Å². The van der Waals surface area contributed by atoms with Crippen molar-refractivity contribution in [3.05, 3.63) is 70.9 Å². The van der Waals surface area contributed by atoms with Gasteiger partial charge >= 0.3 is 17.9 Å². The van der Waals surface area contributed by atoms with Gasteiger partial charge in [0, 0.05) is 78.2 Å². The lowest BCUT2D eigenvalue weighted by molar-refractivity contribution is -0.228. The number of fused-ring (bicyclic) bond motifs is 6. The summed E-state index contributed by atoms with van der Waals surface area (Å²) < 4.78 is 23.7. The van der Waals surface area contributed by atoms with Crippen LogP contribution in [0.3, 0.4) is 0 Å². The van der Waals surface area contributed by atoms with Crippen LogP contribution in [0.25, 0.3) is 10.9 Å². The van der Waals surface area contributed by atoms with E-state index in [0.29, 0.717) is 99.5 Å². The molecule has 1 amide bonds.